The summed E-state index contributed by atoms with van der Waals surface area (Å²) in [5.41, 5.74) is 0.786. The summed E-state index contributed by atoms with van der Waals surface area (Å²) in [5.74, 6) is -1.19. The Balaban J connectivity index is 2.52. The molecule has 4 nitrogen and oxygen atoms in total. The topological polar surface area (TPSA) is 52.6 Å². The van der Waals surface area contributed by atoms with Crippen LogP contribution in [-0.4, -0.2) is 18.5 Å². The SMILES string of the molecule is CCC(C)C(=O)OCC(=O)OC(C)c1cc(S)cc(S)c1. The second kappa shape index (κ2) is 8.34. The molecule has 0 heterocycles. The van der Waals surface area contributed by atoms with Gasteiger partial charge in [-0.25, -0.2) is 4.79 Å². The molecule has 0 bridgehead atoms. The lowest BCUT2D eigenvalue weighted by Crippen LogP contribution is -2.21. The van der Waals surface area contributed by atoms with Gasteiger partial charge >= 0.3 is 11.9 Å². The molecule has 116 valence electrons. The number of hydrogen-bond acceptors (Lipinski definition) is 6. The molecule has 1 aromatic rings. The van der Waals surface area contributed by atoms with Gasteiger partial charge in [0.15, 0.2) is 6.61 Å². The van der Waals surface area contributed by atoms with Gasteiger partial charge in [-0.1, -0.05) is 13.8 Å². The van der Waals surface area contributed by atoms with E-state index in [0.717, 1.165) is 15.4 Å². The third-order valence-electron chi connectivity index (χ3n) is 3.05. The van der Waals surface area contributed by atoms with E-state index in [1.807, 2.05) is 6.92 Å². The second-order valence-electron chi connectivity index (χ2n) is 4.83. The average Bonchev–Trinajstić information content (AvgIpc) is 2.42. The smallest absolute Gasteiger partial charge is 0.344 e. The maximum absolute atomic E-state index is 11.7. The van der Waals surface area contributed by atoms with Gasteiger partial charge in [-0.05, 0) is 37.1 Å². The Labute approximate surface area is 136 Å². The first-order valence-electron chi connectivity index (χ1n) is 6.72. The van der Waals surface area contributed by atoms with E-state index in [1.165, 1.54) is 0 Å². The van der Waals surface area contributed by atoms with Gasteiger partial charge in [0, 0.05) is 9.79 Å². The fraction of sp³-hybridized carbons (Fsp3) is 0.467. The Morgan fingerprint density at radius 3 is 2.24 bits per heavy atom. The van der Waals surface area contributed by atoms with Gasteiger partial charge in [0.2, 0.25) is 0 Å². The number of carbonyl (C=O) groups excluding carboxylic acids is 2. The van der Waals surface area contributed by atoms with Crippen molar-refractivity contribution in [1.29, 1.82) is 0 Å². The molecule has 0 aromatic heterocycles. The third-order valence-corrected chi connectivity index (χ3v) is 3.57. The summed E-state index contributed by atoms with van der Waals surface area (Å²) < 4.78 is 10.1. The van der Waals surface area contributed by atoms with Crippen molar-refractivity contribution >= 4 is 37.2 Å². The Hall–Kier alpha value is -1.14. The lowest BCUT2D eigenvalue weighted by atomic mass is 10.1. The number of hydrogen-bond donors (Lipinski definition) is 2. The van der Waals surface area contributed by atoms with Gasteiger partial charge in [0.05, 0.1) is 5.92 Å². The summed E-state index contributed by atoms with van der Waals surface area (Å²) in [4.78, 5) is 24.6. The molecule has 1 rings (SSSR count). The number of ether oxygens (including phenoxy) is 2. The maximum Gasteiger partial charge on any atom is 0.344 e. The van der Waals surface area contributed by atoms with Crippen molar-refractivity contribution in [2.45, 2.75) is 43.1 Å². The number of thiol groups is 2. The Morgan fingerprint density at radius 2 is 1.71 bits per heavy atom. The average molecular weight is 328 g/mol. The highest BCUT2D eigenvalue weighted by atomic mass is 32.1. The Morgan fingerprint density at radius 1 is 1.14 bits per heavy atom. The predicted molar refractivity (Wildman–Crippen MR) is 85.9 cm³/mol. The van der Waals surface area contributed by atoms with Crippen molar-refractivity contribution in [3.05, 3.63) is 23.8 Å². The van der Waals surface area contributed by atoms with Gasteiger partial charge in [0.1, 0.15) is 6.10 Å². The summed E-state index contributed by atoms with van der Waals surface area (Å²) >= 11 is 8.50. The van der Waals surface area contributed by atoms with Crippen molar-refractivity contribution < 1.29 is 19.1 Å². The minimum absolute atomic E-state index is 0.220. The highest BCUT2D eigenvalue weighted by Crippen LogP contribution is 2.23. The Bertz CT molecular complexity index is 496. The zero-order valence-electron chi connectivity index (χ0n) is 12.3. The van der Waals surface area contributed by atoms with Crippen molar-refractivity contribution in [2.24, 2.45) is 5.92 Å². The van der Waals surface area contributed by atoms with Crippen LogP contribution in [0, 0.1) is 5.92 Å². The predicted octanol–water partition coefficient (Wildman–Crippen LogP) is 3.46. The molecular weight excluding hydrogens is 308 g/mol. The van der Waals surface area contributed by atoms with Gasteiger partial charge < -0.3 is 9.47 Å². The van der Waals surface area contributed by atoms with E-state index in [9.17, 15) is 9.59 Å². The van der Waals surface area contributed by atoms with Crippen LogP contribution < -0.4 is 0 Å². The van der Waals surface area contributed by atoms with Crippen molar-refractivity contribution in [1.82, 2.24) is 0 Å². The van der Waals surface area contributed by atoms with Crippen molar-refractivity contribution in [2.75, 3.05) is 6.61 Å². The van der Waals surface area contributed by atoms with Crippen LogP contribution in [0.25, 0.3) is 0 Å². The van der Waals surface area contributed by atoms with Crippen molar-refractivity contribution in [3.63, 3.8) is 0 Å². The maximum atomic E-state index is 11.7. The molecular formula is C15H20O4S2. The Kier molecular flexibility index (Phi) is 7.11. The molecule has 2 unspecified atom stereocenters. The molecule has 0 aliphatic heterocycles. The summed E-state index contributed by atoms with van der Waals surface area (Å²) in [7, 11) is 0. The van der Waals surface area contributed by atoms with E-state index in [1.54, 1.807) is 32.0 Å². The highest BCUT2D eigenvalue weighted by molar-refractivity contribution is 7.81. The van der Waals surface area contributed by atoms with Gasteiger partial charge in [-0.3, -0.25) is 4.79 Å². The van der Waals surface area contributed by atoms with E-state index >= 15 is 0 Å². The molecule has 1 aromatic carbocycles. The standard InChI is InChI=1S/C15H20O4S2/c1-4-9(2)15(17)18-8-14(16)19-10(3)11-5-12(20)7-13(21)6-11/h5-7,9-10,20-21H,4,8H2,1-3H3. The first kappa shape index (κ1) is 17.9. The van der Waals surface area contributed by atoms with Crippen LogP contribution in [0.1, 0.15) is 38.9 Å². The molecule has 0 N–H and O–H groups in total. The van der Waals surface area contributed by atoms with Crippen LogP contribution >= 0.6 is 25.3 Å². The van der Waals surface area contributed by atoms with E-state index < -0.39 is 18.0 Å². The lowest BCUT2D eigenvalue weighted by Gasteiger charge is -2.15. The van der Waals surface area contributed by atoms with E-state index in [-0.39, 0.29) is 12.5 Å². The zero-order valence-corrected chi connectivity index (χ0v) is 14.1. The first-order valence-corrected chi connectivity index (χ1v) is 7.62. The van der Waals surface area contributed by atoms with E-state index in [4.69, 9.17) is 9.47 Å². The third kappa shape index (κ3) is 6.01. The molecule has 0 saturated heterocycles. The molecule has 0 aliphatic carbocycles. The summed E-state index contributed by atoms with van der Waals surface area (Å²) in [6.07, 6.45) is 0.210. The quantitative estimate of drug-likeness (QED) is 0.620. The second-order valence-corrected chi connectivity index (χ2v) is 5.86. The van der Waals surface area contributed by atoms with Gasteiger partial charge in [0.25, 0.3) is 0 Å². The summed E-state index contributed by atoms with van der Waals surface area (Å²) in [6.45, 7) is 5.00. The number of benzene rings is 1. The van der Waals surface area contributed by atoms with E-state index in [2.05, 4.69) is 25.3 Å². The van der Waals surface area contributed by atoms with Crippen LogP contribution in [0.15, 0.2) is 28.0 Å². The van der Waals surface area contributed by atoms with Crippen LogP contribution in [0.2, 0.25) is 0 Å². The molecule has 0 amide bonds. The van der Waals surface area contributed by atoms with Gasteiger partial charge in [-0.2, -0.15) is 0 Å². The number of rotatable bonds is 6. The van der Waals surface area contributed by atoms with Crippen LogP contribution in [0.4, 0.5) is 0 Å². The zero-order chi connectivity index (χ0) is 16.0. The molecule has 0 radical (unpaired) electrons. The number of esters is 2. The minimum Gasteiger partial charge on any atom is -0.455 e. The molecule has 6 heteroatoms. The normalized spacial score (nSPS) is 13.4. The van der Waals surface area contributed by atoms with E-state index in [0.29, 0.717) is 6.42 Å². The highest BCUT2D eigenvalue weighted by Gasteiger charge is 2.17. The molecule has 0 fully saturated rings. The first-order chi connectivity index (χ1) is 9.83. The number of carbonyl (C=O) groups is 2. The molecule has 0 aliphatic rings. The summed E-state index contributed by atoms with van der Waals surface area (Å²) in [6, 6.07) is 5.38. The van der Waals surface area contributed by atoms with Crippen LogP contribution in [-0.2, 0) is 19.1 Å². The molecule has 0 saturated carbocycles. The lowest BCUT2D eigenvalue weighted by molar-refractivity contribution is -0.164. The van der Waals surface area contributed by atoms with Gasteiger partial charge in [-0.15, -0.1) is 25.3 Å². The largest absolute Gasteiger partial charge is 0.455 e. The molecule has 0 spiro atoms. The molecule has 2 atom stereocenters. The molecule has 21 heavy (non-hydrogen) atoms. The minimum atomic E-state index is -0.579. The summed E-state index contributed by atoms with van der Waals surface area (Å²) in [5, 5.41) is 0. The van der Waals surface area contributed by atoms with Crippen LogP contribution in [0.5, 0.6) is 0 Å². The monoisotopic (exact) mass is 328 g/mol. The van der Waals surface area contributed by atoms with Crippen LogP contribution in [0.3, 0.4) is 0 Å². The fourth-order valence-corrected chi connectivity index (χ4v) is 2.27. The fourth-order valence-electron chi connectivity index (χ4n) is 1.59. The van der Waals surface area contributed by atoms with Crippen molar-refractivity contribution in [3.8, 4) is 0 Å².